The van der Waals surface area contributed by atoms with E-state index < -0.39 is 6.04 Å². The number of benzene rings is 2. The van der Waals surface area contributed by atoms with Gasteiger partial charge in [-0.25, -0.2) is 0 Å². The zero-order chi connectivity index (χ0) is 19.6. The third-order valence-electron chi connectivity index (χ3n) is 4.45. The highest BCUT2D eigenvalue weighted by molar-refractivity contribution is 7.81. The number of hydrogen-bond acceptors (Lipinski definition) is 5. The molecule has 0 bridgehead atoms. The first-order chi connectivity index (χ1) is 12.9. The van der Waals surface area contributed by atoms with E-state index in [4.69, 9.17) is 28.2 Å². The Morgan fingerprint density at radius 3 is 2.33 bits per heavy atom. The van der Waals surface area contributed by atoms with E-state index in [-0.39, 0.29) is 12.2 Å². The number of thiocarbonyl (C=S) groups is 1. The summed E-state index contributed by atoms with van der Waals surface area (Å²) in [6.45, 7) is 3.35. The van der Waals surface area contributed by atoms with Crippen molar-refractivity contribution in [2.45, 2.75) is 26.3 Å². The zero-order valence-electron chi connectivity index (χ0n) is 15.2. The molecule has 2 aromatic rings. The third kappa shape index (κ3) is 3.71. The van der Waals surface area contributed by atoms with Crippen molar-refractivity contribution in [2.24, 2.45) is 10.7 Å². The largest absolute Gasteiger partial charge is 0.402 e. The number of Topliss-reactive ketones (excluding diaryl/α,β-unsaturated/α-hetero) is 1. The lowest BCUT2D eigenvalue weighted by Crippen LogP contribution is -2.22. The van der Waals surface area contributed by atoms with Gasteiger partial charge in [-0.15, -0.1) is 0 Å². The van der Waals surface area contributed by atoms with Crippen LogP contribution in [0.2, 0.25) is 0 Å². The summed E-state index contributed by atoms with van der Waals surface area (Å²) in [4.78, 5) is 17.3. The highest BCUT2D eigenvalue weighted by Gasteiger charge is 2.28. The second kappa shape index (κ2) is 7.65. The first-order valence-corrected chi connectivity index (χ1v) is 9.01. The maximum atomic E-state index is 11.8. The Morgan fingerprint density at radius 2 is 1.78 bits per heavy atom. The van der Waals surface area contributed by atoms with Crippen molar-refractivity contribution in [1.29, 1.82) is 5.26 Å². The average molecular weight is 373 g/mol. The molecule has 1 atom stereocenters. The Bertz CT molecular complexity index is 1020. The fraction of sp³-hybridized carbons (Fsp3) is 0.182. The van der Waals surface area contributed by atoms with Gasteiger partial charge in [0.1, 0.15) is 5.78 Å². The van der Waals surface area contributed by atoms with E-state index in [1.165, 1.54) is 6.92 Å². The molecule has 0 aliphatic carbocycles. The number of nitrogens with two attached hydrogens (primary N) is 1. The Hall–Kier alpha value is -3.10. The molecule has 2 aromatic carbocycles. The first-order valence-electron chi connectivity index (χ1n) is 8.60. The SMILES string of the molecule is CC(=O)C[C@@H]1N=C(c2ccc(C#N)cc2)c2ccccc2/C(=C(\C)N)C1=S. The summed E-state index contributed by atoms with van der Waals surface area (Å²) in [6.07, 6.45) is 0.226. The number of carbonyl (C=O) groups is 1. The highest BCUT2D eigenvalue weighted by Crippen LogP contribution is 2.31. The lowest BCUT2D eigenvalue weighted by molar-refractivity contribution is -0.117. The Balaban J connectivity index is 2.28. The van der Waals surface area contributed by atoms with Gasteiger partial charge >= 0.3 is 0 Å². The molecule has 3 rings (SSSR count). The van der Waals surface area contributed by atoms with Crippen LogP contribution >= 0.6 is 12.2 Å². The number of rotatable bonds is 3. The molecule has 0 saturated heterocycles. The minimum absolute atomic E-state index is 0.0188. The van der Waals surface area contributed by atoms with Gasteiger partial charge in [0.05, 0.1) is 23.4 Å². The molecule has 1 heterocycles. The van der Waals surface area contributed by atoms with Gasteiger partial charge in [-0.05, 0) is 31.5 Å². The Morgan fingerprint density at radius 1 is 1.15 bits per heavy atom. The molecule has 5 heteroatoms. The van der Waals surface area contributed by atoms with Crippen LogP contribution < -0.4 is 5.73 Å². The van der Waals surface area contributed by atoms with E-state index in [1.54, 1.807) is 12.1 Å². The lowest BCUT2D eigenvalue weighted by atomic mass is 9.90. The summed E-state index contributed by atoms with van der Waals surface area (Å²) in [5.74, 6) is 0.0188. The van der Waals surface area contributed by atoms with Crippen molar-refractivity contribution in [2.75, 3.05) is 0 Å². The quantitative estimate of drug-likeness (QED) is 0.655. The van der Waals surface area contributed by atoms with Gasteiger partial charge in [0, 0.05) is 33.7 Å². The molecule has 0 saturated carbocycles. The van der Waals surface area contributed by atoms with Crippen LogP contribution in [0.4, 0.5) is 0 Å². The van der Waals surface area contributed by atoms with Crippen LogP contribution in [0.3, 0.4) is 0 Å². The molecule has 0 unspecified atom stereocenters. The molecule has 2 N–H and O–H groups in total. The number of ketones is 1. The molecule has 1 aliphatic rings. The number of hydrogen-bond donors (Lipinski definition) is 1. The van der Waals surface area contributed by atoms with Crippen LogP contribution in [-0.2, 0) is 4.79 Å². The topological polar surface area (TPSA) is 79.2 Å². The third-order valence-corrected chi connectivity index (χ3v) is 4.92. The average Bonchev–Trinajstić information content (AvgIpc) is 2.76. The Kier molecular flexibility index (Phi) is 5.29. The van der Waals surface area contributed by atoms with Gasteiger partial charge in [0.15, 0.2) is 0 Å². The minimum atomic E-state index is -0.455. The van der Waals surface area contributed by atoms with Crippen molar-refractivity contribution >= 4 is 34.2 Å². The molecular weight excluding hydrogens is 354 g/mol. The van der Waals surface area contributed by atoms with Gasteiger partial charge < -0.3 is 5.73 Å². The minimum Gasteiger partial charge on any atom is -0.402 e. The summed E-state index contributed by atoms with van der Waals surface area (Å²) in [6, 6.07) is 16.8. The summed E-state index contributed by atoms with van der Waals surface area (Å²) in [7, 11) is 0. The lowest BCUT2D eigenvalue weighted by Gasteiger charge is -2.15. The van der Waals surface area contributed by atoms with Crippen molar-refractivity contribution in [1.82, 2.24) is 0 Å². The first kappa shape index (κ1) is 18.7. The van der Waals surface area contributed by atoms with E-state index in [1.807, 2.05) is 43.3 Å². The molecule has 4 nitrogen and oxygen atoms in total. The predicted octanol–water partition coefficient (Wildman–Crippen LogP) is 3.82. The number of aliphatic imine (C=N–C) groups is 1. The van der Waals surface area contributed by atoms with E-state index in [2.05, 4.69) is 6.07 Å². The number of allylic oxidation sites excluding steroid dienone is 1. The molecule has 134 valence electrons. The van der Waals surface area contributed by atoms with Crippen molar-refractivity contribution in [3.05, 3.63) is 76.5 Å². The van der Waals surface area contributed by atoms with Crippen LogP contribution in [0.25, 0.3) is 5.57 Å². The predicted molar refractivity (Wildman–Crippen MR) is 112 cm³/mol. The molecule has 27 heavy (non-hydrogen) atoms. The maximum Gasteiger partial charge on any atom is 0.132 e. The molecule has 0 fully saturated rings. The summed E-state index contributed by atoms with van der Waals surface area (Å²) >= 11 is 5.71. The van der Waals surface area contributed by atoms with Crippen LogP contribution in [0.1, 0.15) is 42.5 Å². The van der Waals surface area contributed by atoms with E-state index in [0.717, 1.165) is 28.0 Å². The van der Waals surface area contributed by atoms with Crippen LogP contribution in [0.15, 0.2) is 59.2 Å². The zero-order valence-corrected chi connectivity index (χ0v) is 16.0. The highest BCUT2D eigenvalue weighted by atomic mass is 32.1. The fourth-order valence-electron chi connectivity index (χ4n) is 3.24. The molecule has 0 radical (unpaired) electrons. The standard InChI is InChI=1S/C22H19N3OS/c1-13(26)11-19-22(27)20(14(2)24)17-5-3-4-6-18(17)21(25-19)16-9-7-15(12-23)8-10-16/h3-10,19H,11,24H2,1-2H3/b20-14-/t19-/m0/s1. The second-order valence-electron chi connectivity index (χ2n) is 6.56. The van der Waals surface area contributed by atoms with E-state index in [9.17, 15) is 4.79 Å². The van der Waals surface area contributed by atoms with Crippen LogP contribution in [0, 0.1) is 11.3 Å². The summed E-state index contributed by atoms with van der Waals surface area (Å²) in [5.41, 5.74) is 11.6. The number of fused-ring (bicyclic) bond motifs is 1. The van der Waals surface area contributed by atoms with Crippen molar-refractivity contribution < 1.29 is 4.79 Å². The second-order valence-corrected chi connectivity index (χ2v) is 7.00. The molecule has 1 aliphatic heterocycles. The number of nitriles is 1. The van der Waals surface area contributed by atoms with Gasteiger partial charge in [-0.1, -0.05) is 48.6 Å². The van der Waals surface area contributed by atoms with Gasteiger partial charge in [0.25, 0.3) is 0 Å². The Labute approximate surface area is 164 Å². The number of nitrogens with zero attached hydrogens (tertiary/aromatic N) is 2. The molecule has 0 spiro atoms. The maximum absolute atomic E-state index is 11.8. The smallest absolute Gasteiger partial charge is 0.132 e. The van der Waals surface area contributed by atoms with Gasteiger partial charge in [-0.3, -0.25) is 9.79 Å². The van der Waals surface area contributed by atoms with Gasteiger partial charge in [0.2, 0.25) is 0 Å². The monoisotopic (exact) mass is 373 g/mol. The molecule has 0 aromatic heterocycles. The van der Waals surface area contributed by atoms with Crippen molar-refractivity contribution in [3.8, 4) is 6.07 Å². The van der Waals surface area contributed by atoms with E-state index in [0.29, 0.717) is 16.1 Å². The molecule has 0 amide bonds. The van der Waals surface area contributed by atoms with Crippen LogP contribution in [-0.4, -0.2) is 22.4 Å². The fourth-order valence-corrected chi connectivity index (χ4v) is 3.65. The van der Waals surface area contributed by atoms with Crippen LogP contribution in [0.5, 0.6) is 0 Å². The normalized spacial score (nSPS) is 18.0. The summed E-state index contributed by atoms with van der Waals surface area (Å²) < 4.78 is 0. The molecular formula is C22H19N3OS. The number of carbonyl (C=O) groups excluding carboxylic acids is 1. The summed E-state index contributed by atoms with van der Waals surface area (Å²) in [5, 5.41) is 9.06. The van der Waals surface area contributed by atoms with Gasteiger partial charge in [-0.2, -0.15) is 5.26 Å². The van der Waals surface area contributed by atoms with E-state index >= 15 is 0 Å². The van der Waals surface area contributed by atoms with Crippen molar-refractivity contribution in [3.63, 3.8) is 0 Å².